The highest BCUT2D eigenvalue weighted by atomic mass is 32.2. The van der Waals surface area contributed by atoms with Crippen molar-refractivity contribution >= 4 is 21.7 Å². The van der Waals surface area contributed by atoms with Crippen LogP contribution in [0.3, 0.4) is 0 Å². The van der Waals surface area contributed by atoms with Crippen LogP contribution in [0.25, 0.3) is 0 Å². The maximum absolute atomic E-state index is 13.1. The van der Waals surface area contributed by atoms with Gasteiger partial charge in [-0.2, -0.15) is 0 Å². The minimum Gasteiger partial charge on any atom is -0.444 e. The summed E-state index contributed by atoms with van der Waals surface area (Å²) >= 11 is 0. The van der Waals surface area contributed by atoms with Crippen molar-refractivity contribution in [3.8, 4) is 0 Å². The van der Waals surface area contributed by atoms with E-state index in [2.05, 4.69) is 0 Å². The summed E-state index contributed by atoms with van der Waals surface area (Å²) < 4.78 is 35.6. The lowest BCUT2D eigenvalue weighted by Gasteiger charge is -2.30. The number of hydrogen-bond donors (Lipinski definition) is 0. The van der Waals surface area contributed by atoms with E-state index in [0.717, 1.165) is 0 Å². The predicted octanol–water partition coefficient (Wildman–Crippen LogP) is 2.24. The van der Waals surface area contributed by atoms with Gasteiger partial charge in [-0.25, -0.2) is 13.2 Å². The van der Waals surface area contributed by atoms with Crippen LogP contribution in [0.2, 0.25) is 0 Å². The molecule has 0 bridgehead atoms. The second-order valence-corrected chi connectivity index (χ2v) is 8.78. The average Bonchev–Trinajstić information content (AvgIpc) is 2.78. The van der Waals surface area contributed by atoms with Gasteiger partial charge in [-0.3, -0.25) is 4.79 Å². The lowest BCUT2D eigenvalue weighted by atomic mass is 10.1. The number of sulfone groups is 1. The highest BCUT2D eigenvalue weighted by Gasteiger charge is 2.32. The average molecular weight is 417 g/mol. The van der Waals surface area contributed by atoms with E-state index in [0.29, 0.717) is 31.9 Å². The van der Waals surface area contributed by atoms with Crippen LogP contribution in [0.5, 0.6) is 0 Å². The standard InChI is InChI=1S/C21H23NO6S/c1-2-29(25,26)18-11-7-6-10-17(18)21(24)28-19(16-8-4-3-5-9-16)20(23)22-12-14-27-15-13-22/h3-11,19H,2,12-15H2,1H3. The van der Waals surface area contributed by atoms with Crippen LogP contribution in [-0.4, -0.2) is 57.3 Å². The molecule has 0 aromatic heterocycles. The van der Waals surface area contributed by atoms with Crippen molar-refractivity contribution in [2.24, 2.45) is 0 Å². The zero-order chi connectivity index (χ0) is 20.9. The van der Waals surface area contributed by atoms with Crippen molar-refractivity contribution in [2.75, 3.05) is 32.1 Å². The molecule has 0 N–H and O–H groups in total. The van der Waals surface area contributed by atoms with Gasteiger partial charge in [-0.15, -0.1) is 0 Å². The third kappa shape index (κ3) is 4.83. The molecule has 1 heterocycles. The number of nitrogens with zero attached hydrogens (tertiary/aromatic N) is 1. The third-order valence-electron chi connectivity index (χ3n) is 4.70. The number of hydrogen-bond acceptors (Lipinski definition) is 6. The molecule has 3 rings (SSSR count). The first-order chi connectivity index (χ1) is 13.9. The van der Waals surface area contributed by atoms with Crippen molar-refractivity contribution < 1.29 is 27.5 Å². The number of esters is 1. The molecule has 0 spiro atoms. The molecule has 2 aromatic carbocycles. The van der Waals surface area contributed by atoms with Crippen LogP contribution < -0.4 is 0 Å². The van der Waals surface area contributed by atoms with E-state index in [1.165, 1.54) is 19.1 Å². The van der Waals surface area contributed by atoms with Gasteiger partial charge in [0.05, 0.1) is 29.4 Å². The molecule has 154 valence electrons. The second kappa shape index (κ2) is 9.19. The van der Waals surface area contributed by atoms with Gasteiger partial charge in [0, 0.05) is 18.7 Å². The Balaban J connectivity index is 1.93. The van der Waals surface area contributed by atoms with Crippen molar-refractivity contribution in [3.63, 3.8) is 0 Å². The first-order valence-corrected chi connectivity index (χ1v) is 11.0. The number of ether oxygens (including phenoxy) is 2. The molecule has 0 radical (unpaired) electrons. The van der Waals surface area contributed by atoms with Crippen LogP contribution >= 0.6 is 0 Å². The Kier molecular flexibility index (Phi) is 6.66. The highest BCUT2D eigenvalue weighted by Crippen LogP contribution is 2.25. The van der Waals surface area contributed by atoms with Gasteiger partial charge < -0.3 is 14.4 Å². The van der Waals surface area contributed by atoms with E-state index in [4.69, 9.17) is 9.47 Å². The minimum atomic E-state index is -3.63. The summed E-state index contributed by atoms with van der Waals surface area (Å²) in [6, 6.07) is 14.6. The zero-order valence-corrected chi connectivity index (χ0v) is 16.9. The van der Waals surface area contributed by atoms with E-state index in [1.807, 2.05) is 0 Å². The Morgan fingerprint density at radius 1 is 1.03 bits per heavy atom. The van der Waals surface area contributed by atoms with E-state index in [1.54, 1.807) is 47.4 Å². The SMILES string of the molecule is CCS(=O)(=O)c1ccccc1C(=O)OC(C(=O)N1CCOCC1)c1ccccc1. The fraction of sp³-hybridized carbons (Fsp3) is 0.333. The highest BCUT2D eigenvalue weighted by molar-refractivity contribution is 7.91. The minimum absolute atomic E-state index is 0.0786. The molecule has 1 unspecified atom stereocenters. The molecule has 7 nitrogen and oxygen atoms in total. The zero-order valence-electron chi connectivity index (χ0n) is 16.1. The molecule has 1 amide bonds. The van der Waals surface area contributed by atoms with Crippen molar-refractivity contribution in [3.05, 3.63) is 65.7 Å². The van der Waals surface area contributed by atoms with Crippen LogP contribution in [0.1, 0.15) is 28.9 Å². The molecule has 1 saturated heterocycles. The van der Waals surface area contributed by atoms with Gasteiger partial charge in [0.2, 0.25) is 6.10 Å². The Morgan fingerprint density at radius 3 is 2.31 bits per heavy atom. The fourth-order valence-electron chi connectivity index (χ4n) is 3.07. The number of amides is 1. The van der Waals surface area contributed by atoms with E-state index >= 15 is 0 Å². The molecule has 1 fully saturated rings. The van der Waals surface area contributed by atoms with E-state index in [9.17, 15) is 18.0 Å². The molecule has 0 aliphatic carbocycles. The van der Waals surface area contributed by atoms with Gasteiger partial charge in [-0.1, -0.05) is 49.4 Å². The Morgan fingerprint density at radius 2 is 1.66 bits per heavy atom. The van der Waals surface area contributed by atoms with Gasteiger partial charge in [0.25, 0.3) is 5.91 Å². The summed E-state index contributed by atoms with van der Waals surface area (Å²) in [5.74, 6) is -1.36. The van der Waals surface area contributed by atoms with E-state index in [-0.39, 0.29) is 22.1 Å². The van der Waals surface area contributed by atoms with Crippen LogP contribution in [0, 0.1) is 0 Å². The van der Waals surface area contributed by atoms with Crippen molar-refractivity contribution in [2.45, 2.75) is 17.9 Å². The molecule has 1 aliphatic rings. The Labute approximate surface area is 170 Å². The summed E-state index contributed by atoms with van der Waals surface area (Å²) in [5, 5.41) is 0. The predicted molar refractivity (Wildman–Crippen MR) is 106 cm³/mol. The molecular formula is C21H23NO6S. The number of carbonyl (C=O) groups is 2. The largest absolute Gasteiger partial charge is 0.444 e. The molecule has 1 atom stereocenters. The van der Waals surface area contributed by atoms with Crippen LogP contribution in [-0.2, 0) is 24.1 Å². The van der Waals surface area contributed by atoms with Crippen LogP contribution in [0.15, 0.2) is 59.5 Å². The van der Waals surface area contributed by atoms with Gasteiger partial charge in [0.1, 0.15) is 0 Å². The Bertz CT molecular complexity index is 968. The monoisotopic (exact) mass is 417 g/mol. The quantitative estimate of drug-likeness (QED) is 0.670. The molecule has 0 saturated carbocycles. The van der Waals surface area contributed by atoms with Gasteiger partial charge in [0.15, 0.2) is 9.84 Å². The molecular weight excluding hydrogens is 394 g/mol. The number of rotatable bonds is 6. The van der Waals surface area contributed by atoms with Crippen LogP contribution in [0.4, 0.5) is 0 Å². The summed E-state index contributed by atoms with van der Waals surface area (Å²) in [5.41, 5.74) is 0.443. The number of morpholine rings is 1. The Hall–Kier alpha value is -2.71. The molecule has 29 heavy (non-hydrogen) atoms. The van der Waals surface area contributed by atoms with Crippen molar-refractivity contribution in [1.29, 1.82) is 0 Å². The molecule has 8 heteroatoms. The smallest absolute Gasteiger partial charge is 0.340 e. The lowest BCUT2D eigenvalue weighted by molar-refractivity contribution is -0.145. The summed E-state index contributed by atoms with van der Waals surface area (Å²) in [6.45, 7) is 3.14. The summed E-state index contributed by atoms with van der Waals surface area (Å²) in [4.78, 5) is 27.5. The maximum Gasteiger partial charge on any atom is 0.340 e. The lowest BCUT2D eigenvalue weighted by Crippen LogP contribution is -2.44. The first kappa shape index (κ1) is 21.0. The first-order valence-electron chi connectivity index (χ1n) is 9.38. The van der Waals surface area contributed by atoms with Gasteiger partial charge in [-0.05, 0) is 12.1 Å². The maximum atomic E-state index is 13.1. The number of carbonyl (C=O) groups excluding carboxylic acids is 2. The molecule has 1 aliphatic heterocycles. The second-order valence-electron chi connectivity index (χ2n) is 6.53. The molecule has 2 aromatic rings. The van der Waals surface area contributed by atoms with Gasteiger partial charge >= 0.3 is 5.97 Å². The summed E-state index contributed by atoms with van der Waals surface area (Å²) in [7, 11) is -3.63. The topological polar surface area (TPSA) is 90.0 Å². The summed E-state index contributed by atoms with van der Waals surface area (Å²) in [6.07, 6.45) is -1.17. The van der Waals surface area contributed by atoms with Crippen molar-refractivity contribution in [1.82, 2.24) is 4.90 Å². The number of benzene rings is 2. The fourth-order valence-corrected chi connectivity index (χ4v) is 4.15. The van der Waals surface area contributed by atoms with E-state index < -0.39 is 21.9 Å². The third-order valence-corrected chi connectivity index (χ3v) is 6.48. The normalized spacial score (nSPS) is 15.6.